The van der Waals surface area contributed by atoms with Crippen LogP contribution in [0.1, 0.15) is 24.8 Å². The van der Waals surface area contributed by atoms with Crippen LogP contribution in [0.3, 0.4) is 0 Å². The molecule has 1 aliphatic carbocycles. The van der Waals surface area contributed by atoms with E-state index < -0.39 is 0 Å². The molecule has 1 fully saturated rings. The highest BCUT2D eigenvalue weighted by Crippen LogP contribution is 2.39. The van der Waals surface area contributed by atoms with Gasteiger partial charge in [0.25, 0.3) is 0 Å². The molecule has 0 atom stereocenters. The second-order valence-corrected chi connectivity index (χ2v) is 4.57. The molecule has 0 bridgehead atoms. The summed E-state index contributed by atoms with van der Waals surface area (Å²) < 4.78 is 0. The molecule has 0 heterocycles. The van der Waals surface area contributed by atoms with E-state index in [4.69, 9.17) is 5.73 Å². The molecule has 0 radical (unpaired) electrons. The highest BCUT2D eigenvalue weighted by atomic mass is 14.8. The first-order valence-electron chi connectivity index (χ1n) is 5.56. The Bertz CT molecular complexity index is 497. The Hall–Kier alpha value is -1.34. The van der Waals surface area contributed by atoms with E-state index in [2.05, 4.69) is 42.5 Å². The van der Waals surface area contributed by atoms with Crippen molar-refractivity contribution in [2.45, 2.75) is 24.8 Å². The molecule has 0 aliphatic heterocycles. The van der Waals surface area contributed by atoms with E-state index in [-0.39, 0.29) is 5.54 Å². The zero-order valence-corrected chi connectivity index (χ0v) is 8.74. The van der Waals surface area contributed by atoms with Crippen LogP contribution < -0.4 is 5.73 Å². The average Bonchev–Trinajstić information content (AvgIpc) is 2.25. The maximum Gasteiger partial charge on any atom is 0.0409 e. The van der Waals surface area contributed by atoms with Crippen molar-refractivity contribution in [3.63, 3.8) is 0 Å². The normalized spacial score (nSPS) is 18.7. The molecule has 2 aromatic rings. The molecule has 2 N–H and O–H groups in total. The van der Waals surface area contributed by atoms with Crippen molar-refractivity contribution in [3.05, 3.63) is 48.0 Å². The summed E-state index contributed by atoms with van der Waals surface area (Å²) in [4.78, 5) is 0. The monoisotopic (exact) mass is 197 g/mol. The molecule has 1 heteroatoms. The lowest BCUT2D eigenvalue weighted by Gasteiger charge is -2.38. The van der Waals surface area contributed by atoms with E-state index in [0.29, 0.717) is 0 Å². The molecule has 1 aliphatic rings. The number of rotatable bonds is 1. The molecule has 0 amide bonds. The van der Waals surface area contributed by atoms with Gasteiger partial charge in [-0.05, 0) is 41.7 Å². The summed E-state index contributed by atoms with van der Waals surface area (Å²) >= 11 is 0. The molecule has 2 aromatic carbocycles. The Morgan fingerprint density at radius 2 is 1.67 bits per heavy atom. The maximum atomic E-state index is 6.32. The van der Waals surface area contributed by atoms with Crippen molar-refractivity contribution in [3.8, 4) is 0 Å². The van der Waals surface area contributed by atoms with Crippen LogP contribution in [0.15, 0.2) is 42.5 Å². The highest BCUT2D eigenvalue weighted by molar-refractivity contribution is 5.83. The highest BCUT2D eigenvalue weighted by Gasteiger charge is 2.34. The first-order valence-corrected chi connectivity index (χ1v) is 5.56. The van der Waals surface area contributed by atoms with Crippen molar-refractivity contribution in [1.29, 1.82) is 0 Å². The van der Waals surface area contributed by atoms with E-state index in [1.54, 1.807) is 0 Å². The minimum Gasteiger partial charge on any atom is -0.321 e. The molecule has 15 heavy (non-hydrogen) atoms. The first kappa shape index (κ1) is 8.93. The fraction of sp³-hybridized carbons (Fsp3) is 0.286. The summed E-state index contributed by atoms with van der Waals surface area (Å²) in [6.07, 6.45) is 3.53. The molecular weight excluding hydrogens is 182 g/mol. The fourth-order valence-electron chi connectivity index (χ4n) is 2.35. The van der Waals surface area contributed by atoms with Crippen molar-refractivity contribution >= 4 is 10.8 Å². The topological polar surface area (TPSA) is 26.0 Å². The van der Waals surface area contributed by atoms with Gasteiger partial charge in [-0.25, -0.2) is 0 Å². The van der Waals surface area contributed by atoms with E-state index in [1.807, 2.05) is 0 Å². The van der Waals surface area contributed by atoms with Gasteiger partial charge >= 0.3 is 0 Å². The van der Waals surface area contributed by atoms with E-state index in [0.717, 1.165) is 12.8 Å². The van der Waals surface area contributed by atoms with E-state index >= 15 is 0 Å². The molecule has 0 aromatic heterocycles. The Balaban J connectivity index is 2.14. The quantitative estimate of drug-likeness (QED) is 0.746. The van der Waals surface area contributed by atoms with Crippen LogP contribution in [0.5, 0.6) is 0 Å². The van der Waals surface area contributed by atoms with Crippen LogP contribution in [0.4, 0.5) is 0 Å². The van der Waals surface area contributed by atoms with E-state index in [9.17, 15) is 0 Å². The second-order valence-electron chi connectivity index (χ2n) is 4.57. The van der Waals surface area contributed by atoms with Gasteiger partial charge in [-0.15, -0.1) is 0 Å². The van der Waals surface area contributed by atoms with Crippen LogP contribution in [-0.2, 0) is 5.54 Å². The third kappa shape index (κ3) is 1.35. The minimum absolute atomic E-state index is 0.0377. The summed E-state index contributed by atoms with van der Waals surface area (Å²) in [6, 6.07) is 15.1. The summed E-state index contributed by atoms with van der Waals surface area (Å²) in [6.45, 7) is 0. The van der Waals surface area contributed by atoms with Gasteiger partial charge in [0, 0.05) is 5.54 Å². The summed E-state index contributed by atoms with van der Waals surface area (Å²) in [7, 11) is 0. The Morgan fingerprint density at radius 3 is 2.33 bits per heavy atom. The minimum atomic E-state index is -0.0377. The van der Waals surface area contributed by atoms with Gasteiger partial charge in [-0.3, -0.25) is 0 Å². The second kappa shape index (κ2) is 3.07. The number of hydrogen-bond acceptors (Lipinski definition) is 1. The molecule has 0 unspecified atom stereocenters. The van der Waals surface area contributed by atoms with Crippen LogP contribution >= 0.6 is 0 Å². The Morgan fingerprint density at radius 1 is 0.933 bits per heavy atom. The Labute approximate surface area is 89.9 Å². The van der Waals surface area contributed by atoms with Gasteiger partial charge in [0.05, 0.1) is 0 Å². The molecular formula is C14H15N. The van der Waals surface area contributed by atoms with Gasteiger partial charge in [0.15, 0.2) is 0 Å². The predicted octanol–water partition coefficient (Wildman–Crippen LogP) is 3.18. The van der Waals surface area contributed by atoms with Gasteiger partial charge in [0.1, 0.15) is 0 Å². The van der Waals surface area contributed by atoms with Crippen molar-refractivity contribution in [2.75, 3.05) is 0 Å². The third-order valence-corrected chi connectivity index (χ3v) is 3.57. The molecule has 0 saturated heterocycles. The average molecular weight is 197 g/mol. The lowest BCUT2D eigenvalue weighted by molar-refractivity contribution is 0.254. The van der Waals surface area contributed by atoms with Crippen LogP contribution in [-0.4, -0.2) is 0 Å². The fourth-order valence-corrected chi connectivity index (χ4v) is 2.35. The van der Waals surface area contributed by atoms with Gasteiger partial charge in [0.2, 0.25) is 0 Å². The molecule has 0 spiro atoms. The molecule has 1 saturated carbocycles. The zero-order chi connectivity index (χ0) is 10.3. The SMILES string of the molecule is NC1(c2ccc3ccccc3c2)CCC1. The zero-order valence-electron chi connectivity index (χ0n) is 8.74. The number of nitrogens with two attached hydrogens (primary N) is 1. The van der Waals surface area contributed by atoms with Gasteiger partial charge in [-0.2, -0.15) is 0 Å². The van der Waals surface area contributed by atoms with Crippen molar-refractivity contribution in [1.82, 2.24) is 0 Å². The van der Waals surface area contributed by atoms with Crippen LogP contribution in [0.25, 0.3) is 10.8 Å². The van der Waals surface area contributed by atoms with Crippen molar-refractivity contribution in [2.24, 2.45) is 5.73 Å². The predicted molar refractivity (Wildman–Crippen MR) is 63.7 cm³/mol. The standard InChI is InChI=1S/C14H15N/c15-14(8-3-9-14)13-7-6-11-4-1-2-5-12(11)10-13/h1-2,4-7,10H,3,8-9,15H2. The molecule has 76 valence electrons. The summed E-state index contributed by atoms with van der Waals surface area (Å²) in [5, 5.41) is 2.59. The largest absolute Gasteiger partial charge is 0.321 e. The van der Waals surface area contributed by atoms with Gasteiger partial charge < -0.3 is 5.73 Å². The van der Waals surface area contributed by atoms with Crippen LogP contribution in [0, 0.1) is 0 Å². The summed E-state index contributed by atoms with van der Waals surface area (Å²) in [5.74, 6) is 0. The number of benzene rings is 2. The van der Waals surface area contributed by atoms with Crippen LogP contribution in [0.2, 0.25) is 0 Å². The lowest BCUT2D eigenvalue weighted by Crippen LogP contribution is -2.43. The van der Waals surface area contributed by atoms with Crippen molar-refractivity contribution < 1.29 is 0 Å². The maximum absolute atomic E-state index is 6.32. The first-order chi connectivity index (χ1) is 7.28. The lowest BCUT2D eigenvalue weighted by atomic mass is 9.72. The summed E-state index contributed by atoms with van der Waals surface area (Å²) in [5.41, 5.74) is 7.58. The number of hydrogen-bond donors (Lipinski definition) is 1. The van der Waals surface area contributed by atoms with Gasteiger partial charge in [-0.1, -0.05) is 36.4 Å². The number of fused-ring (bicyclic) bond motifs is 1. The smallest absolute Gasteiger partial charge is 0.0409 e. The van der Waals surface area contributed by atoms with E-state index in [1.165, 1.54) is 22.8 Å². The molecule has 3 rings (SSSR count). The third-order valence-electron chi connectivity index (χ3n) is 3.57. The molecule has 1 nitrogen and oxygen atoms in total. The Kier molecular flexibility index (Phi) is 1.83.